The van der Waals surface area contributed by atoms with Crippen molar-refractivity contribution in [3.63, 3.8) is 0 Å². The maximum atomic E-state index is 13.9. The van der Waals surface area contributed by atoms with Crippen LogP contribution in [-0.4, -0.2) is 79.9 Å². The lowest BCUT2D eigenvalue weighted by atomic mass is 9.94. The van der Waals surface area contributed by atoms with Gasteiger partial charge in [0.05, 0.1) is 0 Å². The zero-order chi connectivity index (χ0) is 28.0. The van der Waals surface area contributed by atoms with Gasteiger partial charge in [-0.1, -0.05) is 6.58 Å². The molecule has 0 spiro atoms. The van der Waals surface area contributed by atoms with Gasteiger partial charge in [0.25, 0.3) is 10.0 Å². The molecule has 202 valence electrons. The molecular formula is C13H10F15NO4S. The molecule has 0 amide bonds. The fraction of sp³-hybridized carbons (Fsp3) is 0.769. The van der Waals surface area contributed by atoms with Crippen LogP contribution < -0.4 is 0 Å². The molecule has 34 heavy (non-hydrogen) atoms. The van der Waals surface area contributed by atoms with Crippen molar-refractivity contribution in [1.29, 1.82) is 0 Å². The zero-order valence-electron chi connectivity index (χ0n) is 15.9. The van der Waals surface area contributed by atoms with E-state index in [-0.39, 0.29) is 7.05 Å². The molecule has 0 saturated heterocycles. The third-order valence-electron chi connectivity index (χ3n) is 3.85. The Labute approximate surface area is 179 Å². The topological polar surface area (TPSA) is 63.7 Å². The van der Waals surface area contributed by atoms with Gasteiger partial charge in [0, 0.05) is 19.7 Å². The van der Waals surface area contributed by atoms with Crippen LogP contribution in [-0.2, 0) is 19.6 Å². The first-order chi connectivity index (χ1) is 14.6. The van der Waals surface area contributed by atoms with Crippen molar-refractivity contribution in [2.24, 2.45) is 0 Å². The lowest BCUT2D eigenvalue weighted by molar-refractivity contribution is -0.447. The smallest absolute Gasteiger partial charge is 0.460 e. The van der Waals surface area contributed by atoms with Crippen LogP contribution in [0.3, 0.4) is 0 Å². The van der Waals surface area contributed by atoms with Crippen LogP contribution >= 0.6 is 0 Å². The van der Waals surface area contributed by atoms with E-state index in [9.17, 15) is 79.1 Å². The summed E-state index contributed by atoms with van der Waals surface area (Å²) in [5, 5.41) is -7.52. The normalized spacial score (nSPS) is 15.4. The van der Waals surface area contributed by atoms with Crippen LogP contribution in [0.25, 0.3) is 0 Å². The van der Waals surface area contributed by atoms with Crippen LogP contribution in [0.5, 0.6) is 0 Å². The summed E-state index contributed by atoms with van der Waals surface area (Å²) in [6, 6.07) is 0. The molecule has 0 N–H and O–H groups in total. The molecule has 0 aliphatic carbocycles. The number of alkyl halides is 15. The van der Waals surface area contributed by atoms with E-state index < -0.39 is 74.5 Å². The highest BCUT2D eigenvalue weighted by Gasteiger charge is 2.94. The summed E-state index contributed by atoms with van der Waals surface area (Å²) in [5.41, 5.74) is 0. The van der Waals surface area contributed by atoms with E-state index in [0.717, 1.165) is 0 Å². The molecule has 0 aromatic heterocycles. The van der Waals surface area contributed by atoms with Crippen molar-refractivity contribution in [2.75, 3.05) is 20.2 Å². The first kappa shape index (κ1) is 32.1. The van der Waals surface area contributed by atoms with E-state index in [1.165, 1.54) is 0 Å². The maximum absolute atomic E-state index is 13.9. The monoisotopic (exact) mass is 561 g/mol. The van der Waals surface area contributed by atoms with Gasteiger partial charge in [0.15, 0.2) is 0 Å². The lowest BCUT2D eigenvalue weighted by Crippen LogP contribution is -2.73. The molecule has 0 radical (unpaired) electrons. The molecule has 0 aromatic rings. The summed E-state index contributed by atoms with van der Waals surface area (Å²) in [6.07, 6.45) is -7.36. The summed E-state index contributed by atoms with van der Waals surface area (Å²) in [4.78, 5) is 10.7. The minimum absolute atomic E-state index is 0.107. The molecule has 0 unspecified atom stereocenters. The molecule has 0 fully saturated rings. The van der Waals surface area contributed by atoms with Gasteiger partial charge in [-0.05, 0) is 0 Å². The first-order valence-corrected chi connectivity index (χ1v) is 9.15. The molecule has 0 heterocycles. The number of carbonyl (C=O) groups excluding carboxylic acids is 1. The molecule has 0 rings (SSSR count). The van der Waals surface area contributed by atoms with E-state index in [0.29, 0.717) is 6.08 Å². The average molecular weight is 561 g/mol. The van der Waals surface area contributed by atoms with Crippen molar-refractivity contribution >= 4 is 16.0 Å². The first-order valence-electron chi connectivity index (χ1n) is 7.71. The van der Waals surface area contributed by atoms with Crippen LogP contribution in [0.4, 0.5) is 65.9 Å². The number of nitrogens with zero attached hydrogens (tertiary/aromatic N) is 1. The Morgan fingerprint density at radius 2 is 1.12 bits per heavy atom. The van der Waals surface area contributed by atoms with Crippen molar-refractivity contribution in [3.05, 3.63) is 12.7 Å². The van der Waals surface area contributed by atoms with Crippen LogP contribution in [0.2, 0.25) is 0 Å². The summed E-state index contributed by atoms with van der Waals surface area (Å²) < 4.78 is 223. The number of esters is 1. The Morgan fingerprint density at radius 1 is 0.765 bits per heavy atom. The van der Waals surface area contributed by atoms with Crippen LogP contribution in [0.15, 0.2) is 12.7 Å². The highest BCUT2D eigenvalue weighted by atomic mass is 32.2. The van der Waals surface area contributed by atoms with E-state index in [2.05, 4.69) is 11.3 Å². The molecular weight excluding hydrogens is 551 g/mol. The number of hydrogen-bond acceptors (Lipinski definition) is 4. The second-order valence-corrected chi connectivity index (χ2v) is 8.17. The Bertz CT molecular complexity index is 881. The zero-order valence-corrected chi connectivity index (χ0v) is 16.7. The minimum atomic E-state index is -8.61. The molecule has 0 aliphatic heterocycles. The molecule has 0 aromatic carbocycles. The Hall–Kier alpha value is -1.93. The van der Waals surface area contributed by atoms with Crippen molar-refractivity contribution < 1.29 is 83.8 Å². The number of carbonyl (C=O) groups is 1. The number of halogens is 15. The average Bonchev–Trinajstić information content (AvgIpc) is 2.65. The number of ether oxygens (including phenoxy) is 1. The molecule has 21 heteroatoms. The van der Waals surface area contributed by atoms with Crippen LogP contribution in [0, 0.1) is 0 Å². The van der Waals surface area contributed by atoms with Crippen molar-refractivity contribution in [2.45, 2.75) is 41.0 Å². The molecule has 5 nitrogen and oxygen atoms in total. The Morgan fingerprint density at radius 3 is 1.47 bits per heavy atom. The summed E-state index contributed by atoms with van der Waals surface area (Å²) in [6.45, 7) is -0.0289. The van der Waals surface area contributed by atoms with Gasteiger partial charge in [-0.2, -0.15) is 70.2 Å². The standard InChI is InChI=1S/C13H10F15NO4S/c1-3-6(30)33-5-4-29(2)34(31,32)13(27,28)11(22,23)9(18,19)7(14,15)8(16,17)10(20,21)12(24,25)26/h3H,1,4-5H2,2H3. The van der Waals surface area contributed by atoms with E-state index >= 15 is 0 Å². The van der Waals surface area contributed by atoms with Gasteiger partial charge >= 0.3 is 47.0 Å². The second kappa shape index (κ2) is 8.94. The summed E-state index contributed by atoms with van der Waals surface area (Å²) >= 11 is 0. The third-order valence-corrected chi connectivity index (χ3v) is 5.76. The van der Waals surface area contributed by atoms with Crippen LogP contribution in [0.1, 0.15) is 0 Å². The third kappa shape index (κ3) is 4.51. The van der Waals surface area contributed by atoms with Gasteiger partial charge in [0.1, 0.15) is 6.61 Å². The predicted molar refractivity (Wildman–Crippen MR) is 78.4 cm³/mol. The molecule has 0 atom stereocenters. The van der Waals surface area contributed by atoms with Gasteiger partial charge in [0.2, 0.25) is 0 Å². The van der Waals surface area contributed by atoms with E-state index in [1.807, 2.05) is 0 Å². The molecule has 0 bridgehead atoms. The SMILES string of the molecule is C=CC(=O)OCCN(C)S(=O)(=O)C(F)(F)C(F)(F)C(F)(F)C(F)(F)C(F)(F)C(F)(F)C(F)(F)F. The van der Waals surface area contributed by atoms with Gasteiger partial charge in [-0.15, -0.1) is 0 Å². The summed E-state index contributed by atoms with van der Waals surface area (Å²) in [7, 11) is -7.40. The maximum Gasteiger partial charge on any atom is 0.460 e. The number of hydrogen-bond donors (Lipinski definition) is 0. The minimum Gasteiger partial charge on any atom is -0.461 e. The fourth-order valence-corrected chi connectivity index (χ4v) is 2.92. The fourth-order valence-electron chi connectivity index (χ4n) is 1.76. The Kier molecular flexibility index (Phi) is 8.43. The van der Waals surface area contributed by atoms with Gasteiger partial charge in [-0.25, -0.2) is 13.2 Å². The lowest BCUT2D eigenvalue weighted by Gasteiger charge is -2.41. The predicted octanol–water partition coefficient (Wildman–Crippen LogP) is 4.31. The van der Waals surface area contributed by atoms with Crippen molar-refractivity contribution in [1.82, 2.24) is 4.31 Å². The second-order valence-electron chi connectivity index (χ2n) is 6.08. The van der Waals surface area contributed by atoms with Crippen molar-refractivity contribution in [3.8, 4) is 0 Å². The number of rotatable bonds is 11. The Balaban J connectivity index is 6.50. The highest BCUT2D eigenvalue weighted by molar-refractivity contribution is 7.90. The number of likely N-dealkylation sites (N-methyl/N-ethyl adjacent to an activating group) is 1. The molecule has 0 aliphatic rings. The van der Waals surface area contributed by atoms with E-state index in [4.69, 9.17) is 0 Å². The quantitative estimate of drug-likeness (QED) is 0.215. The highest BCUT2D eigenvalue weighted by Crippen LogP contribution is 2.63. The summed E-state index contributed by atoms with van der Waals surface area (Å²) in [5.74, 6) is -43.4. The largest absolute Gasteiger partial charge is 0.461 e. The van der Waals surface area contributed by atoms with Gasteiger partial charge in [-0.3, -0.25) is 0 Å². The van der Waals surface area contributed by atoms with E-state index in [1.54, 1.807) is 0 Å². The molecule has 0 saturated carbocycles. The number of sulfonamides is 1. The van der Waals surface area contributed by atoms with Gasteiger partial charge < -0.3 is 4.74 Å².